The first-order valence-electron chi connectivity index (χ1n) is 7.20. The number of halogens is 2. The van der Waals surface area contributed by atoms with Gasteiger partial charge in [0.2, 0.25) is 0 Å². The molecule has 4 aromatic rings. The van der Waals surface area contributed by atoms with Crippen molar-refractivity contribution in [1.82, 2.24) is 4.57 Å². The second kappa shape index (κ2) is 5.61. The molecule has 0 unspecified atom stereocenters. The summed E-state index contributed by atoms with van der Waals surface area (Å²) in [5.41, 5.74) is 1.86. The highest BCUT2D eigenvalue weighted by Gasteiger charge is 2.16. The molecule has 0 saturated heterocycles. The first kappa shape index (κ1) is 15.2. The Bertz CT molecular complexity index is 1100. The lowest BCUT2D eigenvalue weighted by atomic mass is 10.1. The number of carboxylic acid groups (broad SMARTS) is 1. The number of rotatable bonds is 3. The van der Waals surface area contributed by atoms with Gasteiger partial charge in [-0.3, -0.25) is 0 Å². The Labute approximate surface area is 145 Å². The Hall–Kier alpha value is -2.37. The van der Waals surface area contributed by atoms with Gasteiger partial charge in [0.05, 0.1) is 0 Å². The average Bonchev–Trinajstić information content (AvgIpc) is 3.09. The van der Waals surface area contributed by atoms with Crippen LogP contribution in [-0.2, 0) is 6.54 Å². The van der Waals surface area contributed by atoms with Gasteiger partial charge in [0, 0.05) is 32.6 Å². The molecule has 0 saturated carbocycles. The number of carbonyl (C=O) groups is 1. The molecule has 0 fully saturated rings. The SMILES string of the molecule is O=C(O)c1cc2cc(Cl)ccc2n1Cc1csc2ccc(F)cc12. The van der Waals surface area contributed by atoms with Gasteiger partial charge in [0.1, 0.15) is 11.5 Å². The van der Waals surface area contributed by atoms with Crippen molar-refractivity contribution in [2.45, 2.75) is 6.54 Å². The van der Waals surface area contributed by atoms with Crippen molar-refractivity contribution in [3.63, 3.8) is 0 Å². The van der Waals surface area contributed by atoms with Crippen molar-refractivity contribution in [3.05, 3.63) is 69.9 Å². The molecule has 0 aliphatic rings. The van der Waals surface area contributed by atoms with E-state index in [2.05, 4.69) is 0 Å². The molecule has 0 bridgehead atoms. The van der Waals surface area contributed by atoms with Crippen molar-refractivity contribution >= 4 is 49.9 Å². The molecule has 0 atom stereocenters. The minimum atomic E-state index is -1.01. The number of hydrogen-bond donors (Lipinski definition) is 1. The normalized spacial score (nSPS) is 11.4. The zero-order valence-corrected chi connectivity index (χ0v) is 13.9. The lowest BCUT2D eigenvalue weighted by Crippen LogP contribution is -2.09. The Balaban J connectivity index is 1.90. The maximum Gasteiger partial charge on any atom is 0.352 e. The first-order chi connectivity index (χ1) is 11.5. The standard InChI is InChI=1S/C18H11ClFNO2S/c19-12-1-3-15-10(5-12)6-16(18(22)23)21(15)8-11-9-24-17-4-2-13(20)7-14(11)17/h1-7,9H,8H2,(H,22,23). The van der Waals surface area contributed by atoms with Crippen LogP contribution >= 0.6 is 22.9 Å². The first-order valence-corrected chi connectivity index (χ1v) is 8.46. The van der Waals surface area contributed by atoms with Gasteiger partial charge in [0.15, 0.2) is 0 Å². The fourth-order valence-corrected chi connectivity index (χ4v) is 4.05. The molecule has 4 rings (SSSR count). The van der Waals surface area contributed by atoms with Crippen LogP contribution in [0.25, 0.3) is 21.0 Å². The van der Waals surface area contributed by atoms with Gasteiger partial charge in [-0.2, -0.15) is 0 Å². The van der Waals surface area contributed by atoms with Crippen molar-refractivity contribution in [3.8, 4) is 0 Å². The van der Waals surface area contributed by atoms with Crippen molar-refractivity contribution < 1.29 is 14.3 Å². The monoisotopic (exact) mass is 359 g/mol. The summed E-state index contributed by atoms with van der Waals surface area (Å²) in [5, 5.41) is 13.6. The van der Waals surface area contributed by atoms with Crippen LogP contribution < -0.4 is 0 Å². The van der Waals surface area contributed by atoms with Crippen LogP contribution in [-0.4, -0.2) is 15.6 Å². The zero-order chi connectivity index (χ0) is 16.8. The number of benzene rings is 2. The third-order valence-electron chi connectivity index (χ3n) is 4.03. The quantitative estimate of drug-likeness (QED) is 0.532. The topological polar surface area (TPSA) is 42.2 Å². The van der Waals surface area contributed by atoms with E-state index in [4.69, 9.17) is 11.6 Å². The summed E-state index contributed by atoms with van der Waals surface area (Å²) >= 11 is 7.52. The Morgan fingerprint density at radius 2 is 2.04 bits per heavy atom. The molecule has 0 aliphatic carbocycles. The number of nitrogens with zero attached hydrogens (tertiary/aromatic N) is 1. The summed E-state index contributed by atoms with van der Waals surface area (Å²) in [6.07, 6.45) is 0. The van der Waals surface area contributed by atoms with Gasteiger partial charge in [-0.15, -0.1) is 11.3 Å². The van der Waals surface area contributed by atoms with Gasteiger partial charge in [-0.1, -0.05) is 11.6 Å². The van der Waals surface area contributed by atoms with E-state index >= 15 is 0 Å². The highest BCUT2D eigenvalue weighted by Crippen LogP contribution is 2.30. The summed E-state index contributed by atoms with van der Waals surface area (Å²) in [7, 11) is 0. The van der Waals surface area contributed by atoms with Crippen molar-refractivity contribution in [2.75, 3.05) is 0 Å². The molecule has 1 N–H and O–H groups in total. The molecule has 6 heteroatoms. The van der Waals surface area contributed by atoms with Gasteiger partial charge in [-0.25, -0.2) is 9.18 Å². The highest BCUT2D eigenvalue weighted by atomic mass is 35.5. The van der Waals surface area contributed by atoms with Gasteiger partial charge in [-0.05, 0) is 53.4 Å². The summed E-state index contributed by atoms with van der Waals surface area (Å²) < 4.78 is 16.3. The zero-order valence-electron chi connectivity index (χ0n) is 12.3. The molecule has 0 amide bonds. The van der Waals surface area contributed by atoms with Crippen LogP contribution in [0.3, 0.4) is 0 Å². The predicted molar refractivity (Wildman–Crippen MR) is 94.8 cm³/mol. The average molecular weight is 360 g/mol. The third-order valence-corrected chi connectivity index (χ3v) is 5.27. The number of aromatic carboxylic acids is 1. The fraction of sp³-hybridized carbons (Fsp3) is 0.0556. The number of hydrogen-bond acceptors (Lipinski definition) is 2. The smallest absolute Gasteiger partial charge is 0.352 e. The molecule has 2 aromatic carbocycles. The van der Waals surface area contributed by atoms with E-state index < -0.39 is 5.97 Å². The molecule has 3 nitrogen and oxygen atoms in total. The van der Waals surface area contributed by atoms with E-state index in [0.717, 1.165) is 26.6 Å². The predicted octanol–water partition coefficient (Wildman–Crippen LogP) is 5.40. The van der Waals surface area contributed by atoms with Crippen LogP contribution in [0, 0.1) is 5.82 Å². The van der Waals surface area contributed by atoms with E-state index in [1.165, 1.54) is 23.5 Å². The van der Waals surface area contributed by atoms with Crippen LogP contribution in [0.1, 0.15) is 16.1 Å². The maximum absolute atomic E-state index is 13.6. The summed E-state index contributed by atoms with van der Waals surface area (Å²) in [6, 6.07) is 11.5. The number of thiophene rings is 1. The molecular formula is C18H11ClFNO2S. The molecule has 0 spiro atoms. The van der Waals surface area contributed by atoms with Crippen molar-refractivity contribution in [1.29, 1.82) is 0 Å². The lowest BCUT2D eigenvalue weighted by Gasteiger charge is -2.08. The molecule has 24 heavy (non-hydrogen) atoms. The maximum atomic E-state index is 13.6. The van der Waals surface area contributed by atoms with Crippen LogP contribution in [0.15, 0.2) is 47.8 Å². The van der Waals surface area contributed by atoms with Crippen LogP contribution in [0.2, 0.25) is 5.02 Å². The minimum Gasteiger partial charge on any atom is -0.477 e. The van der Waals surface area contributed by atoms with Crippen molar-refractivity contribution in [2.24, 2.45) is 0 Å². The molecular weight excluding hydrogens is 349 g/mol. The van der Waals surface area contributed by atoms with Gasteiger partial charge in [0.25, 0.3) is 0 Å². The number of carboxylic acids is 1. The second-order valence-corrected chi connectivity index (χ2v) is 6.87. The number of fused-ring (bicyclic) bond motifs is 2. The molecule has 0 radical (unpaired) electrons. The van der Waals surface area contributed by atoms with E-state index in [0.29, 0.717) is 11.6 Å². The summed E-state index contributed by atoms with van der Waals surface area (Å²) in [4.78, 5) is 11.6. The fourth-order valence-electron chi connectivity index (χ4n) is 2.94. The van der Waals surface area contributed by atoms with Gasteiger partial charge < -0.3 is 9.67 Å². The number of aromatic nitrogens is 1. The summed E-state index contributed by atoms with van der Waals surface area (Å²) in [6.45, 7) is 0.357. The van der Waals surface area contributed by atoms with Gasteiger partial charge >= 0.3 is 5.97 Å². The second-order valence-electron chi connectivity index (χ2n) is 5.53. The largest absolute Gasteiger partial charge is 0.477 e. The summed E-state index contributed by atoms with van der Waals surface area (Å²) in [5.74, 6) is -1.31. The van der Waals surface area contributed by atoms with E-state index in [1.54, 1.807) is 34.9 Å². The Morgan fingerprint density at radius 1 is 1.21 bits per heavy atom. The Morgan fingerprint density at radius 3 is 2.83 bits per heavy atom. The molecule has 0 aliphatic heterocycles. The van der Waals surface area contributed by atoms with E-state index in [-0.39, 0.29) is 11.5 Å². The highest BCUT2D eigenvalue weighted by molar-refractivity contribution is 7.17. The lowest BCUT2D eigenvalue weighted by molar-refractivity contribution is 0.0686. The van der Waals surface area contributed by atoms with Crippen LogP contribution in [0.4, 0.5) is 4.39 Å². The molecule has 2 aromatic heterocycles. The Kier molecular flexibility index (Phi) is 3.55. The third kappa shape index (κ3) is 2.46. The van der Waals surface area contributed by atoms with E-state index in [9.17, 15) is 14.3 Å². The van der Waals surface area contributed by atoms with Crippen LogP contribution in [0.5, 0.6) is 0 Å². The minimum absolute atomic E-state index is 0.183. The molecule has 120 valence electrons. The molecule has 2 heterocycles. The van der Waals surface area contributed by atoms with E-state index in [1.807, 2.05) is 5.38 Å².